The van der Waals surface area contributed by atoms with Gasteiger partial charge in [-0.25, -0.2) is 8.42 Å². The molecule has 1 aromatic rings. The van der Waals surface area contributed by atoms with Crippen molar-refractivity contribution >= 4 is 21.5 Å². The number of nitrogen functional groups attached to an aromatic ring is 1. The van der Waals surface area contributed by atoms with Crippen LogP contribution in [0.3, 0.4) is 0 Å². The van der Waals surface area contributed by atoms with Crippen LogP contribution in [-0.2, 0) is 25.8 Å². The minimum atomic E-state index is -3.09. The van der Waals surface area contributed by atoms with E-state index < -0.39 is 15.8 Å². The Hall–Kier alpha value is -1.56. The second-order valence-corrected chi connectivity index (χ2v) is 6.35. The number of hydrogen-bond donors (Lipinski definition) is 1. The third-order valence-electron chi connectivity index (χ3n) is 2.43. The first kappa shape index (κ1) is 14.5. The van der Waals surface area contributed by atoms with E-state index in [2.05, 4.69) is 0 Å². The topological polar surface area (TPSA) is 86.5 Å². The van der Waals surface area contributed by atoms with Crippen molar-refractivity contribution in [2.75, 3.05) is 23.8 Å². The minimum absolute atomic E-state index is 0.0580. The number of benzene rings is 1. The molecule has 0 fully saturated rings. The van der Waals surface area contributed by atoms with Gasteiger partial charge in [0.05, 0.1) is 12.2 Å². The quantitative estimate of drug-likeness (QED) is 0.610. The Morgan fingerprint density at radius 2 is 1.89 bits per heavy atom. The van der Waals surface area contributed by atoms with Crippen molar-refractivity contribution in [3.05, 3.63) is 29.8 Å². The zero-order chi connectivity index (χ0) is 13.6. The molecule has 0 saturated carbocycles. The Morgan fingerprint density at radius 3 is 2.44 bits per heavy atom. The fraction of sp³-hybridized carbons (Fsp3) is 0.417. The molecular formula is C12H17NO4S. The molecule has 0 spiro atoms. The minimum Gasteiger partial charge on any atom is -0.464 e. The Balaban J connectivity index is 2.36. The molecular weight excluding hydrogens is 254 g/mol. The second kappa shape index (κ2) is 6.39. The summed E-state index contributed by atoms with van der Waals surface area (Å²) in [5.74, 6) is -0.509. The van der Waals surface area contributed by atoms with Crippen LogP contribution in [0.2, 0.25) is 0 Å². The number of hydrogen-bond acceptors (Lipinski definition) is 5. The Morgan fingerprint density at radius 1 is 1.28 bits per heavy atom. The summed E-state index contributed by atoms with van der Waals surface area (Å²) in [5, 5.41) is 0. The van der Waals surface area contributed by atoms with E-state index >= 15 is 0 Å². The molecule has 6 heteroatoms. The van der Waals surface area contributed by atoms with Crippen molar-refractivity contribution < 1.29 is 17.9 Å². The van der Waals surface area contributed by atoms with Gasteiger partial charge in [-0.1, -0.05) is 19.1 Å². The number of rotatable bonds is 6. The summed E-state index contributed by atoms with van der Waals surface area (Å²) in [4.78, 5) is 11.4. The zero-order valence-corrected chi connectivity index (χ0v) is 11.1. The Bertz CT molecular complexity index is 493. The molecule has 0 unspecified atom stereocenters. The van der Waals surface area contributed by atoms with Gasteiger partial charge in [0.2, 0.25) is 0 Å². The highest BCUT2D eigenvalue weighted by molar-refractivity contribution is 7.91. The fourth-order valence-corrected chi connectivity index (χ4v) is 1.91. The number of carbonyl (C=O) groups is 1. The normalized spacial score (nSPS) is 11.2. The number of anilines is 1. The van der Waals surface area contributed by atoms with Crippen molar-refractivity contribution in [3.63, 3.8) is 0 Å². The summed E-state index contributed by atoms with van der Waals surface area (Å²) in [5.41, 5.74) is 6.93. The molecule has 0 radical (unpaired) electrons. The van der Waals surface area contributed by atoms with Crippen LogP contribution in [0.15, 0.2) is 24.3 Å². The van der Waals surface area contributed by atoms with Crippen molar-refractivity contribution in [2.45, 2.75) is 13.3 Å². The lowest BCUT2D eigenvalue weighted by atomic mass is 10.1. The second-order valence-electron chi connectivity index (χ2n) is 3.88. The number of carbonyl (C=O) groups excluding carboxylic acids is 1. The summed E-state index contributed by atoms with van der Waals surface area (Å²) in [7, 11) is -3.09. The van der Waals surface area contributed by atoms with Crippen molar-refractivity contribution in [2.24, 2.45) is 0 Å². The van der Waals surface area contributed by atoms with Crippen LogP contribution in [0, 0.1) is 0 Å². The molecule has 1 aromatic carbocycles. The highest BCUT2D eigenvalue weighted by Gasteiger charge is 2.10. The lowest BCUT2D eigenvalue weighted by Gasteiger charge is -2.05. The maximum absolute atomic E-state index is 11.4. The van der Waals surface area contributed by atoms with Gasteiger partial charge in [0.1, 0.15) is 6.61 Å². The number of esters is 1. The van der Waals surface area contributed by atoms with Crippen LogP contribution in [0.5, 0.6) is 0 Å². The molecule has 5 nitrogen and oxygen atoms in total. The van der Waals surface area contributed by atoms with Gasteiger partial charge in [0, 0.05) is 11.4 Å². The van der Waals surface area contributed by atoms with E-state index in [1.807, 2.05) is 0 Å². The average Bonchev–Trinajstić information content (AvgIpc) is 2.32. The molecule has 0 amide bonds. The van der Waals surface area contributed by atoms with E-state index in [1.165, 1.54) is 0 Å². The highest BCUT2D eigenvalue weighted by Crippen LogP contribution is 2.06. The largest absolute Gasteiger partial charge is 0.464 e. The average molecular weight is 271 g/mol. The summed E-state index contributed by atoms with van der Waals surface area (Å²) in [6, 6.07) is 6.87. The van der Waals surface area contributed by atoms with Crippen LogP contribution in [0.4, 0.5) is 5.69 Å². The van der Waals surface area contributed by atoms with Gasteiger partial charge >= 0.3 is 5.97 Å². The molecule has 1 rings (SSSR count). The number of sulfone groups is 1. The molecule has 100 valence electrons. The van der Waals surface area contributed by atoms with Crippen molar-refractivity contribution in [3.8, 4) is 0 Å². The van der Waals surface area contributed by atoms with Gasteiger partial charge in [-0.05, 0) is 17.7 Å². The van der Waals surface area contributed by atoms with E-state index in [9.17, 15) is 13.2 Å². The molecule has 18 heavy (non-hydrogen) atoms. The predicted molar refractivity (Wildman–Crippen MR) is 69.8 cm³/mol. The first-order valence-electron chi connectivity index (χ1n) is 5.63. The molecule has 0 saturated heterocycles. The van der Waals surface area contributed by atoms with Gasteiger partial charge in [-0.15, -0.1) is 0 Å². The van der Waals surface area contributed by atoms with E-state index in [1.54, 1.807) is 31.2 Å². The molecule has 2 N–H and O–H groups in total. The van der Waals surface area contributed by atoms with Crippen LogP contribution in [0.1, 0.15) is 12.5 Å². The molecule has 0 aliphatic rings. The molecule has 0 aromatic heterocycles. The third kappa shape index (κ3) is 5.18. The van der Waals surface area contributed by atoms with Crippen LogP contribution in [0.25, 0.3) is 0 Å². The van der Waals surface area contributed by atoms with Gasteiger partial charge in [0.15, 0.2) is 9.84 Å². The predicted octanol–water partition coefficient (Wildman–Crippen LogP) is 0.789. The molecule has 0 atom stereocenters. The third-order valence-corrected chi connectivity index (χ3v) is 4.09. The van der Waals surface area contributed by atoms with E-state index in [-0.39, 0.29) is 24.5 Å². The van der Waals surface area contributed by atoms with Crippen LogP contribution >= 0.6 is 0 Å². The standard InChI is InChI=1S/C12H17NO4S/c1-2-18(15,16)8-7-17-12(14)9-10-3-5-11(13)6-4-10/h3-6H,2,7-9,13H2,1H3. The monoisotopic (exact) mass is 271 g/mol. The van der Waals surface area contributed by atoms with Crippen LogP contribution in [-0.4, -0.2) is 32.5 Å². The summed E-state index contributed by atoms with van der Waals surface area (Å²) >= 11 is 0. The SMILES string of the molecule is CCS(=O)(=O)CCOC(=O)Cc1ccc(N)cc1. The first-order chi connectivity index (χ1) is 8.43. The molecule has 0 bridgehead atoms. The van der Waals surface area contributed by atoms with E-state index in [4.69, 9.17) is 10.5 Å². The number of ether oxygens (including phenoxy) is 1. The highest BCUT2D eigenvalue weighted by atomic mass is 32.2. The van der Waals surface area contributed by atoms with Crippen molar-refractivity contribution in [1.82, 2.24) is 0 Å². The van der Waals surface area contributed by atoms with Crippen molar-refractivity contribution in [1.29, 1.82) is 0 Å². The van der Waals surface area contributed by atoms with E-state index in [0.717, 1.165) is 5.56 Å². The number of nitrogens with two attached hydrogens (primary N) is 1. The molecule has 0 aliphatic heterocycles. The molecule has 0 aliphatic carbocycles. The Kier molecular flexibility index (Phi) is 5.15. The van der Waals surface area contributed by atoms with Gasteiger partial charge < -0.3 is 10.5 Å². The van der Waals surface area contributed by atoms with E-state index in [0.29, 0.717) is 5.69 Å². The Labute approximate surface area is 107 Å². The van der Waals surface area contributed by atoms with Gasteiger partial charge in [-0.2, -0.15) is 0 Å². The summed E-state index contributed by atoms with van der Waals surface area (Å²) in [6.45, 7) is 1.47. The van der Waals surface area contributed by atoms with Crippen LogP contribution < -0.4 is 5.73 Å². The fourth-order valence-electron chi connectivity index (χ4n) is 1.28. The summed E-state index contributed by atoms with van der Waals surface area (Å²) in [6.07, 6.45) is 0.118. The lowest BCUT2D eigenvalue weighted by molar-refractivity contribution is -0.142. The maximum Gasteiger partial charge on any atom is 0.310 e. The molecule has 0 heterocycles. The first-order valence-corrected chi connectivity index (χ1v) is 7.45. The van der Waals surface area contributed by atoms with Gasteiger partial charge in [0.25, 0.3) is 0 Å². The smallest absolute Gasteiger partial charge is 0.310 e. The lowest BCUT2D eigenvalue weighted by Crippen LogP contribution is -2.17. The van der Waals surface area contributed by atoms with Gasteiger partial charge in [-0.3, -0.25) is 4.79 Å². The maximum atomic E-state index is 11.4. The zero-order valence-electron chi connectivity index (χ0n) is 10.3. The summed E-state index contributed by atoms with van der Waals surface area (Å²) < 4.78 is 27.2.